The smallest absolute Gasteiger partial charge is 0.356 e. The minimum Gasteiger partial charge on any atom is -0.476 e. The van der Waals surface area contributed by atoms with E-state index in [0.29, 0.717) is 22.5 Å². The predicted octanol–water partition coefficient (Wildman–Crippen LogP) is 3.63. The van der Waals surface area contributed by atoms with Gasteiger partial charge in [-0.2, -0.15) is 5.10 Å². The van der Waals surface area contributed by atoms with Crippen LogP contribution >= 0.6 is 11.6 Å². The molecular weight excluding hydrogens is 352 g/mol. The van der Waals surface area contributed by atoms with E-state index >= 15 is 0 Å². The van der Waals surface area contributed by atoms with Gasteiger partial charge < -0.3 is 10.8 Å². The highest BCUT2D eigenvalue weighted by Gasteiger charge is 2.17. The van der Waals surface area contributed by atoms with Gasteiger partial charge in [-0.3, -0.25) is 0 Å². The zero-order chi connectivity index (χ0) is 18.1. The van der Waals surface area contributed by atoms with Gasteiger partial charge in [0, 0.05) is 12.1 Å². The Morgan fingerprint density at radius 3 is 2.60 bits per heavy atom. The molecule has 128 valence electrons. The summed E-state index contributed by atoms with van der Waals surface area (Å²) in [5, 5.41) is 13.1. The molecule has 3 N–H and O–H groups in total. The molecule has 0 amide bonds. The SMILES string of the molecule is NCc1cc(F)cc(-c2cc(C(=O)O)nn2-c2ccc(F)c(Cl)c2)c1. The summed E-state index contributed by atoms with van der Waals surface area (Å²) in [7, 11) is 0. The first kappa shape index (κ1) is 17.1. The van der Waals surface area contributed by atoms with Crippen molar-refractivity contribution in [3.8, 4) is 16.9 Å². The molecule has 3 aromatic rings. The van der Waals surface area contributed by atoms with Crippen LogP contribution in [0, 0.1) is 11.6 Å². The summed E-state index contributed by atoms with van der Waals surface area (Å²) < 4.78 is 28.5. The average Bonchev–Trinajstić information content (AvgIpc) is 3.02. The highest BCUT2D eigenvalue weighted by atomic mass is 35.5. The van der Waals surface area contributed by atoms with Crippen LogP contribution in [0.1, 0.15) is 16.1 Å². The van der Waals surface area contributed by atoms with Crippen LogP contribution in [0.3, 0.4) is 0 Å². The van der Waals surface area contributed by atoms with Crippen molar-refractivity contribution < 1.29 is 18.7 Å². The summed E-state index contributed by atoms with van der Waals surface area (Å²) in [6.45, 7) is 0.118. The molecule has 0 atom stereocenters. The number of halogens is 3. The maximum atomic E-state index is 13.8. The minimum atomic E-state index is -1.25. The minimum absolute atomic E-state index is 0.118. The fourth-order valence-corrected chi connectivity index (χ4v) is 2.60. The molecule has 0 aliphatic heterocycles. The molecule has 2 aromatic carbocycles. The molecule has 1 aromatic heterocycles. The Kier molecular flexibility index (Phi) is 4.52. The van der Waals surface area contributed by atoms with Gasteiger partial charge in [-0.05, 0) is 48.0 Å². The highest BCUT2D eigenvalue weighted by molar-refractivity contribution is 6.30. The van der Waals surface area contributed by atoms with E-state index in [4.69, 9.17) is 17.3 Å². The predicted molar refractivity (Wildman–Crippen MR) is 88.8 cm³/mol. The first-order valence-corrected chi connectivity index (χ1v) is 7.55. The van der Waals surface area contributed by atoms with E-state index in [2.05, 4.69) is 5.10 Å². The van der Waals surface area contributed by atoms with E-state index in [1.807, 2.05) is 0 Å². The van der Waals surface area contributed by atoms with Crippen LogP contribution in [0.4, 0.5) is 8.78 Å². The molecule has 0 radical (unpaired) electrons. The molecule has 0 aliphatic rings. The van der Waals surface area contributed by atoms with Crippen LogP contribution in [-0.4, -0.2) is 20.9 Å². The number of carboxylic acid groups (broad SMARTS) is 1. The molecule has 0 aliphatic carbocycles. The van der Waals surface area contributed by atoms with Crippen molar-refractivity contribution >= 4 is 17.6 Å². The molecule has 8 heteroatoms. The molecule has 5 nitrogen and oxygen atoms in total. The first-order valence-electron chi connectivity index (χ1n) is 7.17. The maximum absolute atomic E-state index is 13.8. The Morgan fingerprint density at radius 2 is 1.96 bits per heavy atom. The highest BCUT2D eigenvalue weighted by Crippen LogP contribution is 2.28. The first-order chi connectivity index (χ1) is 11.9. The molecule has 0 saturated carbocycles. The van der Waals surface area contributed by atoms with Crippen LogP contribution in [0.2, 0.25) is 5.02 Å². The van der Waals surface area contributed by atoms with E-state index in [-0.39, 0.29) is 17.3 Å². The maximum Gasteiger partial charge on any atom is 0.356 e. The third-order valence-electron chi connectivity index (χ3n) is 3.57. The van der Waals surface area contributed by atoms with Crippen LogP contribution in [0.5, 0.6) is 0 Å². The van der Waals surface area contributed by atoms with Gasteiger partial charge in [0.05, 0.1) is 16.4 Å². The average molecular weight is 364 g/mol. The summed E-state index contributed by atoms with van der Waals surface area (Å²) >= 11 is 5.80. The normalized spacial score (nSPS) is 10.9. The van der Waals surface area contributed by atoms with E-state index in [1.165, 1.54) is 35.0 Å². The van der Waals surface area contributed by atoms with Crippen molar-refractivity contribution in [3.05, 3.63) is 70.4 Å². The Bertz CT molecular complexity index is 973. The number of rotatable bonds is 4. The number of carboxylic acids is 1. The molecule has 3 rings (SSSR count). The van der Waals surface area contributed by atoms with E-state index in [0.717, 1.165) is 6.07 Å². The second-order valence-electron chi connectivity index (χ2n) is 5.28. The van der Waals surface area contributed by atoms with Crippen LogP contribution in [0.15, 0.2) is 42.5 Å². The van der Waals surface area contributed by atoms with Crippen molar-refractivity contribution in [1.82, 2.24) is 9.78 Å². The fraction of sp³-hybridized carbons (Fsp3) is 0.0588. The molecule has 0 spiro atoms. The van der Waals surface area contributed by atoms with Crippen molar-refractivity contribution in [3.63, 3.8) is 0 Å². The number of aromatic carboxylic acids is 1. The van der Waals surface area contributed by atoms with Gasteiger partial charge in [0.25, 0.3) is 0 Å². The number of carbonyl (C=O) groups is 1. The van der Waals surface area contributed by atoms with Crippen LogP contribution < -0.4 is 5.73 Å². The summed E-state index contributed by atoms with van der Waals surface area (Å²) in [4.78, 5) is 11.3. The topological polar surface area (TPSA) is 81.1 Å². The second-order valence-corrected chi connectivity index (χ2v) is 5.69. The largest absolute Gasteiger partial charge is 0.476 e. The summed E-state index contributed by atoms with van der Waals surface area (Å²) in [6, 6.07) is 9.30. The molecule has 0 fully saturated rings. The van der Waals surface area contributed by atoms with E-state index in [1.54, 1.807) is 6.07 Å². The number of aromatic nitrogens is 2. The molecule has 1 heterocycles. The number of benzene rings is 2. The third-order valence-corrected chi connectivity index (χ3v) is 3.85. The van der Waals surface area contributed by atoms with E-state index in [9.17, 15) is 18.7 Å². The van der Waals surface area contributed by atoms with Crippen LogP contribution in [0.25, 0.3) is 16.9 Å². The van der Waals surface area contributed by atoms with Crippen LogP contribution in [-0.2, 0) is 6.54 Å². The van der Waals surface area contributed by atoms with Crippen molar-refractivity contribution in [2.24, 2.45) is 5.73 Å². The molecule has 0 saturated heterocycles. The van der Waals surface area contributed by atoms with Gasteiger partial charge in [-0.1, -0.05) is 11.6 Å². The Hall–Kier alpha value is -2.77. The van der Waals surface area contributed by atoms with Crippen molar-refractivity contribution in [2.45, 2.75) is 6.54 Å². The third kappa shape index (κ3) is 3.38. The molecule has 0 unspecified atom stereocenters. The standard InChI is InChI=1S/C17H12ClF2N3O2/c18-13-6-12(1-2-14(13)20)23-16(7-15(22-23)17(24)25)10-3-9(8-21)4-11(19)5-10/h1-7H,8,21H2,(H,24,25). The molecular formula is C17H12ClF2N3O2. The summed E-state index contributed by atoms with van der Waals surface area (Å²) in [6.07, 6.45) is 0. The lowest BCUT2D eigenvalue weighted by Crippen LogP contribution is -2.03. The van der Waals surface area contributed by atoms with Crippen molar-refractivity contribution in [1.29, 1.82) is 0 Å². The van der Waals surface area contributed by atoms with Gasteiger partial charge in [-0.25, -0.2) is 18.3 Å². The molecule has 0 bridgehead atoms. The number of nitrogens with two attached hydrogens (primary N) is 1. The van der Waals surface area contributed by atoms with Gasteiger partial charge in [0.15, 0.2) is 5.69 Å². The quantitative estimate of drug-likeness (QED) is 0.741. The van der Waals surface area contributed by atoms with E-state index < -0.39 is 17.6 Å². The van der Waals surface area contributed by atoms with Crippen molar-refractivity contribution in [2.75, 3.05) is 0 Å². The van der Waals surface area contributed by atoms with Gasteiger partial charge in [0.2, 0.25) is 0 Å². The Labute approximate surface area is 146 Å². The number of hydrogen-bond donors (Lipinski definition) is 2. The summed E-state index contributed by atoms with van der Waals surface area (Å²) in [5.74, 6) is -2.38. The lowest BCUT2D eigenvalue weighted by molar-refractivity contribution is 0.0690. The summed E-state index contributed by atoms with van der Waals surface area (Å²) in [5.41, 5.74) is 6.90. The zero-order valence-electron chi connectivity index (χ0n) is 12.7. The van der Waals surface area contributed by atoms with Gasteiger partial charge >= 0.3 is 5.97 Å². The number of hydrogen-bond acceptors (Lipinski definition) is 3. The lowest BCUT2D eigenvalue weighted by atomic mass is 10.1. The lowest BCUT2D eigenvalue weighted by Gasteiger charge is -2.10. The molecule has 25 heavy (non-hydrogen) atoms. The zero-order valence-corrected chi connectivity index (χ0v) is 13.5. The van der Waals surface area contributed by atoms with Gasteiger partial charge in [-0.15, -0.1) is 0 Å². The fourth-order valence-electron chi connectivity index (χ4n) is 2.42. The Morgan fingerprint density at radius 1 is 1.20 bits per heavy atom. The Balaban J connectivity index is 2.24. The number of nitrogens with zero attached hydrogens (tertiary/aromatic N) is 2. The second kappa shape index (κ2) is 6.62. The monoisotopic (exact) mass is 363 g/mol. The van der Waals surface area contributed by atoms with Gasteiger partial charge in [0.1, 0.15) is 11.6 Å².